The fourth-order valence-corrected chi connectivity index (χ4v) is 5.00. The molecule has 8 heteroatoms. The van der Waals surface area contributed by atoms with Crippen molar-refractivity contribution in [2.75, 3.05) is 25.0 Å². The van der Waals surface area contributed by atoms with Crippen LogP contribution in [0.15, 0.2) is 47.4 Å². The first-order chi connectivity index (χ1) is 13.8. The molecule has 0 atom stereocenters. The van der Waals surface area contributed by atoms with Crippen molar-refractivity contribution in [3.05, 3.63) is 59.2 Å². The molecule has 2 aromatic rings. The van der Waals surface area contributed by atoms with Crippen LogP contribution in [-0.4, -0.2) is 44.3 Å². The molecule has 1 aliphatic heterocycles. The third kappa shape index (κ3) is 4.65. The van der Waals surface area contributed by atoms with E-state index in [1.807, 2.05) is 0 Å². The zero-order chi connectivity index (χ0) is 21.0. The summed E-state index contributed by atoms with van der Waals surface area (Å²) in [6, 6.07) is 11.0. The predicted octanol–water partition coefficient (Wildman–Crippen LogP) is 3.21. The van der Waals surface area contributed by atoms with Gasteiger partial charge in [-0.15, -0.1) is 0 Å². The third-order valence-corrected chi connectivity index (χ3v) is 6.81. The standard InChI is InChI=1S/C21H24N2O5S/c1-3-28-21(25)17-7-6-8-18(13-17)22-20(24)16-10-9-15(2)19(14-16)29(26,27)23-11-4-5-12-23/h6-10,13-14H,3-5,11-12H2,1-2H3,(H,22,24). The highest BCUT2D eigenvalue weighted by atomic mass is 32.2. The molecule has 0 radical (unpaired) electrons. The van der Waals surface area contributed by atoms with Gasteiger partial charge >= 0.3 is 5.97 Å². The van der Waals surface area contributed by atoms with E-state index in [0.29, 0.717) is 29.9 Å². The van der Waals surface area contributed by atoms with Crippen molar-refractivity contribution in [3.63, 3.8) is 0 Å². The fraction of sp³-hybridized carbons (Fsp3) is 0.333. The van der Waals surface area contributed by atoms with Gasteiger partial charge in [0.1, 0.15) is 0 Å². The molecule has 1 aliphatic rings. The Morgan fingerprint density at radius 3 is 2.48 bits per heavy atom. The normalized spacial score (nSPS) is 14.6. The summed E-state index contributed by atoms with van der Waals surface area (Å²) in [7, 11) is -3.63. The van der Waals surface area contributed by atoms with Crippen LogP contribution in [0.3, 0.4) is 0 Å². The summed E-state index contributed by atoms with van der Waals surface area (Å²) in [5.41, 5.74) is 1.57. The van der Waals surface area contributed by atoms with Crippen molar-refractivity contribution in [1.82, 2.24) is 4.31 Å². The number of hydrogen-bond acceptors (Lipinski definition) is 5. The molecule has 1 saturated heterocycles. The number of carbonyl (C=O) groups excluding carboxylic acids is 2. The van der Waals surface area contributed by atoms with Gasteiger partial charge in [0, 0.05) is 24.3 Å². The van der Waals surface area contributed by atoms with Gasteiger partial charge in [-0.3, -0.25) is 4.79 Å². The van der Waals surface area contributed by atoms with Gasteiger partial charge in [-0.25, -0.2) is 13.2 Å². The molecule has 1 amide bonds. The van der Waals surface area contributed by atoms with E-state index < -0.39 is 21.9 Å². The molecule has 0 saturated carbocycles. The van der Waals surface area contributed by atoms with Gasteiger partial charge in [0.05, 0.1) is 17.1 Å². The quantitative estimate of drug-likeness (QED) is 0.730. The van der Waals surface area contributed by atoms with Crippen molar-refractivity contribution >= 4 is 27.6 Å². The molecule has 3 rings (SSSR count). The van der Waals surface area contributed by atoms with E-state index in [1.54, 1.807) is 44.2 Å². The summed E-state index contributed by atoms with van der Waals surface area (Å²) in [6.07, 6.45) is 1.69. The maximum Gasteiger partial charge on any atom is 0.338 e. The summed E-state index contributed by atoms with van der Waals surface area (Å²) in [5, 5.41) is 2.71. The van der Waals surface area contributed by atoms with Gasteiger partial charge < -0.3 is 10.1 Å². The molecule has 1 heterocycles. The molecule has 154 valence electrons. The first-order valence-electron chi connectivity index (χ1n) is 9.52. The molecule has 0 bridgehead atoms. The summed E-state index contributed by atoms with van der Waals surface area (Å²) < 4.78 is 32.2. The van der Waals surface area contributed by atoms with E-state index >= 15 is 0 Å². The molecule has 2 aromatic carbocycles. The number of rotatable bonds is 6. The van der Waals surface area contributed by atoms with Crippen molar-refractivity contribution in [2.45, 2.75) is 31.6 Å². The lowest BCUT2D eigenvalue weighted by molar-refractivity contribution is 0.0526. The second-order valence-electron chi connectivity index (χ2n) is 6.85. The minimum atomic E-state index is -3.63. The highest BCUT2D eigenvalue weighted by molar-refractivity contribution is 7.89. The van der Waals surface area contributed by atoms with Gasteiger partial charge in [-0.2, -0.15) is 4.31 Å². The lowest BCUT2D eigenvalue weighted by atomic mass is 10.1. The van der Waals surface area contributed by atoms with Gasteiger partial charge in [0.2, 0.25) is 10.0 Å². The van der Waals surface area contributed by atoms with E-state index in [2.05, 4.69) is 5.32 Å². The first-order valence-corrected chi connectivity index (χ1v) is 11.0. The largest absolute Gasteiger partial charge is 0.462 e. The first kappa shape index (κ1) is 21.0. The Kier molecular flexibility index (Phi) is 6.34. The number of sulfonamides is 1. The van der Waals surface area contributed by atoms with Crippen LogP contribution in [0.25, 0.3) is 0 Å². The van der Waals surface area contributed by atoms with Crippen LogP contribution in [-0.2, 0) is 14.8 Å². The number of ether oxygens (including phenoxy) is 1. The van der Waals surface area contributed by atoms with E-state index in [0.717, 1.165) is 12.8 Å². The van der Waals surface area contributed by atoms with Crippen LogP contribution in [0.1, 0.15) is 46.0 Å². The number of nitrogens with one attached hydrogen (secondary N) is 1. The minimum Gasteiger partial charge on any atom is -0.462 e. The molecule has 0 aliphatic carbocycles. The number of anilines is 1. The zero-order valence-electron chi connectivity index (χ0n) is 16.5. The van der Waals surface area contributed by atoms with Gasteiger partial charge in [-0.1, -0.05) is 12.1 Å². The molecule has 1 fully saturated rings. The van der Waals surface area contributed by atoms with Gasteiger partial charge in [-0.05, 0) is 62.6 Å². The number of amides is 1. The van der Waals surface area contributed by atoms with Crippen molar-refractivity contribution < 1.29 is 22.7 Å². The number of hydrogen-bond donors (Lipinski definition) is 1. The molecular weight excluding hydrogens is 392 g/mol. The monoisotopic (exact) mass is 416 g/mol. The van der Waals surface area contributed by atoms with Crippen LogP contribution in [0.2, 0.25) is 0 Å². The van der Waals surface area contributed by atoms with Crippen molar-refractivity contribution in [1.29, 1.82) is 0 Å². The van der Waals surface area contributed by atoms with E-state index in [-0.39, 0.29) is 17.1 Å². The topological polar surface area (TPSA) is 92.8 Å². The molecular formula is C21H24N2O5S. The van der Waals surface area contributed by atoms with E-state index in [4.69, 9.17) is 4.74 Å². The van der Waals surface area contributed by atoms with E-state index in [9.17, 15) is 18.0 Å². The average Bonchev–Trinajstić information content (AvgIpc) is 3.24. The summed E-state index contributed by atoms with van der Waals surface area (Å²) in [6.45, 7) is 4.69. The van der Waals surface area contributed by atoms with Crippen LogP contribution in [0.5, 0.6) is 0 Å². The molecule has 0 unspecified atom stereocenters. The second-order valence-corrected chi connectivity index (χ2v) is 8.75. The SMILES string of the molecule is CCOC(=O)c1cccc(NC(=O)c2ccc(C)c(S(=O)(=O)N3CCCC3)c2)c1. The Bertz CT molecular complexity index is 1030. The number of benzene rings is 2. The van der Waals surface area contributed by atoms with Crippen LogP contribution in [0.4, 0.5) is 5.69 Å². The average molecular weight is 416 g/mol. The lowest BCUT2D eigenvalue weighted by Gasteiger charge is -2.18. The Morgan fingerprint density at radius 2 is 1.79 bits per heavy atom. The van der Waals surface area contributed by atoms with Crippen molar-refractivity contribution in [3.8, 4) is 0 Å². The molecule has 29 heavy (non-hydrogen) atoms. The van der Waals surface area contributed by atoms with Crippen LogP contribution >= 0.6 is 0 Å². The number of esters is 1. The van der Waals surface area contributed by atoms with E-state index in [1.165, 1.54) is 16.4 Å². The Labute approximate surface area is 170 Å². The van der Waals surface area contributed by atoms with Crippen LogP contribution in [0, 0.1) is 6.92 Å². The smallest absolute Gasteiger partial charge is 0.338 e. The lowest BCUT2D eigenvalue weighted by Crippen LogP contribution is -2.28. The number of aryl methyl sites for hydroxylation is 1. The maximum atomic E-state index is 12.9. The molecule has 7 nitrogen and oxygen atoms in total. The van der Waals surface area contributed by atoms with Gasteiger partial charge in [0.15, 0.2) is 0 Å². The highest BCUT2D eigenvalue weighted by Crippen LogP contribution is 2.25. The molecule has 0 spiro atoms. The Morgan fingerprint density at radius 1 is 1.07 bits per heavy atom. The minimum absolute atomic E-state index is 0.146. The highest BCUT2D eigenvalue weighted by Gasteiger charge is 2.29. The molecule has 1 N–H and O–H groups in total. The van der Waals surface area contributed by atoms with Gasteiger partial charge in [0.25, 0.3) is 5.91 Å². The maximum absolute atomic E-state index is 12.9. The number of carbonyl (C=O) groups is 2. The molecule has 0 aromatic heterocycles. The summed E-state index contributed by atoms with van der Waals surface area (Å²) in [4.78, 5) is 24.7. The number of nitrogens with zero attached hydrogens (tertiary/aromatic N) is 1. The fourth-order valence-electron chi connectivity index (χ4n) is 3.23. The zero-order valence-corrected chi connectivity index (χ0v) is 17.3. The summed E-state index contributed by atoms with van der Waals surface area (Å²) >= 11 is 0. The third-order valence-electron chi connectivity index (χ3n) is 4.76. The van der Waals surface area contributed by atoms with Crippen LogP contribution < -0.4 is 5.32 Å². The second kappa shape index (κ2) is 8.75. The Balaban J connectivity index is 1.84. The predicted molar refractivity (Wildman–Crippen MR) is 110 cm³/mol. The Hall–Kier alpha value is -2.71. The summed E-state index contributed by atoms with van der Waals surface area (Å²) in [5.74, 6) is -0.929. The van der Waals surface area contributed by atoms with Crippen molar-refractivity contribution in [2.24, 2.45) is 0 Å².